The lowest BCUT2D eigenvalue weighted by Crippen LogP contribution is -2.30. The van der Waals surface area contributed by atoms with E-state index in [1.54, 1.807) is 18.2 Å². The summed E-state index contributed by atoms with van der Waals surface area (Å²) >= 11 is 3.43. The van der Waals surface area contributed by atoms with Crippen LogP contribution in [0.25, 0.3) is 5.57 Å². The number of rotatable bonds is 7. The van der Waals surface area contributed by atoms with Crippen LogP contribution in [0.5, 0.6) is 0 Å². The Bertz CT molecular complexity index is 1390. The molecular weight excluding hydrogens is 508 g/mol. The number of hydrogen-bond donors (Lipinski definition) is 1. The molecule has 4 rings (SSSR count). The topological polar surface area (TPSA) is 70.0 Å². The van der Waals surface area contributed by atoms with Crippen molar-refractivity contribution >= 4 is 31.5 Å². The molecule has 0 aliphatic heterocycles. The molecule has 0 heterocycles. The van der Waals surface area contributed by atoms with Crippen molar-refractivity contribution in [2.75, 3.05) is 0 Å². The standard InChI is InChI=1S/C28H21BrN2O2S/c29-24-18-16-23(17-19-24)28(31-34(32,33)25-14-8-3-9-15-25)26(20-30)27(21-10-4-1-5-11-21)22-12-6-2-7-13-22/h1-19,28,31H. The summed E-state index contributed by atoms with van der Waals surface area (Å²) in [5.74, 6) is 0. The second-order valence-corrected chi connectivity index (χ2v) is 10.2. The SMILES string of the molecule is N#CC(=C(c1ccccc1)c1ccccc1)C(NS(=O)(=O)c1ccccc1)c1ccc(Br)cc1. The van der Waals surface area contributed by atoms with Gasteiger partial charge in [-0.15, -0.1) is 0 Å². The number of benzene rings is 4. The molecule has 0 aromatic heterocycles. The maximum absolute atomic E-state index is 13.3. The summed E-state index contributed by atoms with van der Waals surface area (Å²) in [6.07, 6.45) is 0. The van der Waals surface area contributed by atoms with Crippen molar-refractivity contribution in [3.05, 3.63) is 142 Å². The number of sulfonamides is 1. The highest BCUT2D eigenvalue weighted by molar-refractivity contribution is 9.10. The van der Waals surface area contributed by atoms with Crippen molar-refractivity contribution in [1.29, 1.82) is 5.26 Å². The van der Waals surface area contributed by atoms with Gasteiger partial charge >= 0.3 is 0 Å². The molecule has 34 heavy (non-hydrogen) atoms. The fraction of sp³-hybridized carbons (Fsp3) is 0.0357. The predicted molar refractivity (Wildman–Crippen MR) is 138 cm³/mol. The van der Waals surface area contributed by atoms with Gasteiger partial charge in [0.1, 0.15) is 0 Å². The molecule has 0 fully saturated rings. The fourth-order valence-corrected chi connectivity index (χ4v) is 5.20. The predicted octanol–water partition coefficient (Wildman–Crippen LogP) is 6.49. The van der Waals surface area contributed by atoms with Crippen LogP contribution >= 0.6 is 15.9 Å². The Morgan fingerprint density at radius 1 is 0.735 bits per heavy atom. The van der Waals surface area contributed by atoms with E-state index in [4.69, 9.17) is 0 Å². The number of hydrogen-bond acceptors (Lipinski definition) is 3. The van der Waals surface area contributed by atoms with E-state index < -0.39 is 16.1 Å². The molecule has 0 bridgehead atoms. The Labute approximate surface area is 208 Å². The van der Waals surface area contributed by atoms with Crippen molar-refractivity contribution < 1.29 is 8.42 Å². The molecule has 4 nitrogen and oxygen atoms in total. The Morgan fingerprint density at radius 3 is 1.68 bits per heavy atom. The minimum Gasteiger partial charge on any atom is -0.207 e. The largest absolute Gasteiger partial charge is 0.241 e. The maximum atomic E-state index is 13.3. The van der Waals surface area contributed by atoms with Crippen molar-refractivity contribution in [3.63, 3.8) is 0 Å². The minimum atomic E-state index is -3.92. The van der Waals surface area contributed by atoms with Crippen LogP contribution in [-0.4, -0.2) is 8.42 Å². The summed E-state index contributed by atoms with van der Waals surface area (Å²) in [6, 6.07) is 36.0. The van der Waals surface area contributed by atoms with Gasteiger partial charge in [0.15, 0.2) is 0 Å². The van der Waals surface area contributed by atoms with E-state index in [0.717, 1.165) is 15.6 Å². The van der Waals surface area contributed by atoms with E-state index in [-0.39, 0.29) is 4.90 Å². The molecule has 0 aliphatic carbocycles. The van der Waals surface area contributed by atoms with Gasteiger partial charge in [-0.05, 0) is 41.0 Å². The molecular formula is C28H21BrN2O2S. The Balaban J connectivity index is 1.96. The monoisotopic (exact) mass is 528 g/mol. The van der Waals surface area contributed by atoms with Gasteiger partial charge in [0.2, 0.25) is 10.0 Å². The highest BCUT2D eigenvalue weighted by Crippen LogP contribution is 2.35. The maximum Gasteiger partial charge on any atom is 0.241 e. The van der Waals surface area contributed by atoms with Crippen LogP contribution < -0.4 is 4.72 Å². The summed E-state index contributed by atoms with van der Waals surface area (Å²) < 4.78 is 30.3. The van der Waals surface area contributed by atoms with Gasteiger partial charge in [-0.1, -0.05) is 107 Å². The first-order valence-corrected chi connectivity index (χ1v) is 12.8. The molecule has 0 saturated carbocycles. The van der Waals surface area contributed by atoms with Crippen molar-refractivity contribution in [2.45, 2.75) is 10.9 Å². The number of nitrogens with one attached hydrogen (secondary N) is 1. The number of nitriles is 1. The van der Waals surface area contributed by atoms with E-state index in [1.807, 2.05) is 84.9 Å². The fourth-order valence-electron chi connectivity index (χ4n) is 3.72. The Morgan fingerprint density at radius 2 is 1.21 bits per heavy atom. The van der Waals surface area contributed by atoms with Crippen molar-refractivity contribution in [2.24, 2.45) is 0 Å². The quantitative estimate of drug-likeness (QED) is 0.278. The molecule has 1 N–H and O–H groups in total. The van der Waals surface area contributed by atoms with Crippen LogP contribution in [-0.2, 0) is 10.0 Å². The second kappa shape index (κ2) is 10.6. The smallest absolute Gasteiger partial charge is 0.207 e. The first-order valence-electron chi connectivity index (χ1n) is 10.6. The molecule has 168 valence electrons. The first kappa shape index (κ1) is 23.7. The van der Waals surface area contributed by atoms with E-state index in [1.165, 1.54) is 12.1 Å². The molecule has 0 aliphatic rings. The molecule has 0 amide bonds. The third-order valence-corrected chi connectivity index (χ3v) is 7.30. The third-order valence-electron chi connectivity index (χ3n) is 5.33. The van der Waals surface area contributed by atoms with Crippen LogP contribution in [0.3, 0.4) is 0 Å². The van der Waals surface area contributed by atoms with Gasteiger partial charge in [-0.3, -0.25) is 0 Å². The zero-order valence-electron chi connectivity index (χ0n) is 18.1. The van der Waals surface area contributed by atoms with Gasteiger partial charge < -0.3 is 0 Å². The average molecular weight is 529 g/mol. The van der Waals surface area contributed by atoms with E-state index >= 15 is 0 Å². The van der Waals surface area contributed by atoms with Gasteiger partial charge in [0.25, 0.3) is 0 Å². The summed E-state index contributed by atoms with van der Waals surface area (Å²) in [6.45, 7) is 0. The van der Waals surface area contributed by atoms with Crippen molar-refractivity contribution in [3.8, 4) is 6.07 Å². The highest BCUT2D eigenvalue weighted by Gasteiger charge is 2.28. The Hall–Kier alpha value is -3.50. The van der Waals surface area contributed by atoms with Crippen LogP contribution in [0.15, 0.2) is 130 Å². The van der Waals surface area contributed by atoms with Crippen LogP contribution in [0.2, 0.25) is 0 Å². The Kier molecular flexibility index (Phi) is 7.39. The van der Waals surface area contributed by atoms with E-state index in [0.29, 0.717) is 16.7 Å². The van der Waals surface area contributed by atoms with Crippen LogP contribution in [0.1, 0.15) is 22.7 Å². The number of halogens is 1. The van der Waals surface area contributed by atoms with Gasteiger partial charge in [0, 0.05) is 10.0 Å². The van der Waals surface area contributed by atoms with Crippen LogP contribution in [0.4, 0.5) is 0 Å². The third kappa shape index (κ3) is 5.35. The van der Waals surface area contributed by atoms with Gasteiger partial charge in [-0.2, -0.15) is 9.98 Å². The molecule has 4 aromatic rings. The molecule has 1 atom stereocenters. The molecule has 0 radical (unpaired) electrons. The van der Waals surface area contributed by atoms with Gasteiger partial charge in [-0.25, -0.2) is 8.42 Å². The van der Waals surface area contributed by atoms with Crippen molar-refractivity contribution in [1.82, 2.24) is 4.72 Å². The lowest BCUT2D eigenvalue weighted by molar-refractivity contribution is 0.572. The summed E-state index contributed by atoms with van der Waals surface area (Å²) in [5, 5.41) is 10.4. The molecule has 0 spiro atoms. The molecule has 4 aromatic carbocycles. The number of nitrogens with zero attached hydrogens (tertiary/aromatic N) is 1. The van der Waals surface area contributed by atoms with Gasteiger partial charge in [0.05, 0.1) is 22.6 Å². The lowest BCUT2D eigenvalue weighted by Gasteiger charge is -2.22. The summed E-state index contributed by atoms with van der Waals surface area (Å²) in [4.78, 5) is 0.135. The zero-order valence-corrected chi connectivity index (χ0v) is 20.5. The van der Waals surface area contributed by atoms with E-state index in [2.05, 4.69) is 26.7 Å². The summed E-state index contributed by atoms with van der Waals surface area (Å²) in [7, 11) is -3.92. The second-order valence-electron chi connectivity index (χ2n) is 7.55. The molecule has 0 saturated heterocycles. The average Bonchev–Trinajstić information content (AvgIpc) is 2.88. The molecule has 1 unspecified atom stereocenters. The minimum absolute atomic E-state index is 0.135. The molecule has 6 heteroatoms. The first-order chi connectivity index (χ1) is 16.5. The highest BCUT2D eigenvalue weighted by atomic mass is 79.9. The summed E-state index contributed by atoms with van der Waals surface area (Å²) in [5.41, 5.74) is 3.28. The normalized spacial score (nSPS) is 11.9. The van der Waals surface area contributed by atoms with E-state index in [9.17, 15) is 13.7 Å². The zero-order chi connectivity index (χ0) is 24.0. The lowest BCUT2D eigenvalue weighted by atomic mass is 9.88. The van der Waals surface area contributed by atoms with Crippen LogP contribution in [0, 0.1) is 11.3 Å².